The molecule has 3 rings (SSSR count). The van der Waals surface area contributed by atoms with E-state index < -0.39 is 35.3 Å². The Kier molecular flexibility index (Phi) is 7.23. The SMILES string of the molecule is CC(C)(C)OC(=O)N[C@@H]1C[C@H](CC(=O)O)CC[C@H]1n1cnc2c(N)nc(C(=O)OC(C)(C)C)nc21. The van der Waals surface area contributed by atoms with Gasteiger partial charge in [0.25, 0.3) is 0 Å². The van der Waals surface area contributed by atoms with Crippen LogP contribution in [0, 0.1) is 5.92 Å². The summed E-state index contributed by atoms with van der Waals surface area (Å²) in [6.07, 6.45) is 2.55. The minimum Gasteiger partial charge on any atom is -0.481 e. The highest BCUT2D eigenvalue weighted by atomic mass is 16.6. The minimum absolute atomic E-state index is 0.00179. The second kappa shape index (κ2) is 9.67. The molecule has 0 aliphatic heterocycles. The summed E-state index contributed by atoms with van der Waals surface area (Å²) >= 11 is 0. The first-order valence-electron chi connectivity index (χ1n) is 11.6. The number of carbonyl (C=O) groups excluding carboxylic acids is 2. The molecular weight excluding hydrogens is 456 g/mol. The third-order valence-electron chi connectivity index (χ3n) is 5.47. The number of rotatable bonds is 5. The molecule has 12 heteroatoms. The van der Waals surface area contributed by atoms with Crippen LogP contribution < -0.4 is 11.1 Å². The number of nitrogens with two attached hydrogens (primary N) is 1. The van der Waals surface area contributed by atoms with Gasteiger partial charge in [0.2, 0.25) is 5.82 Å². The molecular formula is C23H34N6O6. The van der Waals surface area contributed by atoms with Crippen molar-refractivity contribution in [3.63, 3.8) is 0 Å². The van der Waals surface area contributed by atoms with Crippen molar-refractivity contribution in [2.24, 2.45) is 5.92 Å². The quantitative estimate of drug-likeness (QED) is 0.529. The van der Waals surface area contributed by atoms with Crippen LogP contribution in [-0.2, 0) is 14.3 Å². The highest BCUT2D eigenvalue weighted by molar-refractivity contribution is 5.91. The molecule has 35 heavy (non-hydrogen) atoms. The van der Waals surface area contributed by atoms with E-state index in [1.807, 2.05) is 0 Å². The van der Waals surface area contributed by atoms with Gasteiger partial charge in [0, 0.05) is 6.42 Å². The van der Waals surface area contributed by atoms with Gasteiger partial charge in [-0.15, -0.1) is 0 Å². The maximum Gasteiger partial charge on any atom is 0.407 e. The van der Waals surface area contributed by atoms with Gasteiger partial charge in [-0.3, -0.25) is 4.79 Å². The van der Waals surface area contributed by atoms with E-state index in [1.165, 1.54) is 0 Å². The van der Waals surface area contributed by atoms with Crippen molar-refractivity contribution in [3.05, 3.63) is 12.2 Å². The zero-order chi connectivity index (χ0) is 26.1. The van der Waals surface area contributed by atoms with Crippen LogP contribution >= 0.6 is 0 Å². The molecule has 0 bridgehead atoms. The predicted molar refractivity (Wildman–Crippen MR) is 127 cm³/mol. The summed E-state index contributed by atoms with van der Waals surface area (Å²) in [4.78, 5) is 49.3. The van der Waals surface area contributed by atoms with Gasteiger partial charge in [0.05, 0.1) is 18.4 Å². The third kappa shape index (κ3) is 6.80. The van der Waals surface area contributed by atoms with E-state index in [9.17, 15) is 19.5 Å². The highest BCUT2D eigenvalue weighted by Gasteiger charge is 2.36. The second-order valence-corrected chi connectivity index (χ2v) is 10.9. The number of nitrogen functional groups attached to an aromatic ring is 1. The number of esters is 1. The Hall–Kier alpha value is -3.44. The average molecular weight is 491 g/mol. The molecule has 4 N–H and O–H groups in total. The molecule has 1 aliphatic rings. The number of hydrogen-bond donors (Lipinski definition) is 3. The number of ether oxygens (including phenoxy) is 2. The van der Waals surface area contributed by atoms with Gasteiger partial charge in [0.15, 0.2) is 11.5 Å². The smallest absolute Gasteiger partial charge is 0.407 e. The Morgan fingerprint density at radius 2 is 1.77 bits per heavy atom. The molecule has 1 amide bonds. The van der Waals surface area contributed by atoms with Crippen molar-refractivity contribution < 1.29 is 29.0 Å². The maximum atomic E-state index is 12.6. The van der Waals surface area contributed by atoms with Crippen LogP contribution in [-0.4, -0.2) is 59.9 Å². The maximum absolute atomic E-state index is 12.6. The van der Waals surface area contributed by atoms with Crippen molar-refractivity contribution in [1.29, 1.82) is 0 Å². The summed E-state index contributed by atoms with van der Waals surface area (Å²) in [6, 6.07) is -0.778. The molecule has 2 aromatic heterocycles. The van der Waals surface area contributed by atoms with Crippen molar-refractivity contribution >= 4 is 35.0 Å². The van der Waals surface area contributed by atoms with Crippen LogP contribution in [0.5, 0.6) is 0 Å². The predicted octanol–water partition coefficient (Wildman–Crippen LogP) is 3.07. The number of carbonyl (C=O) groups is 3. The van der Waals surface area contributed by atoms with Gasteiger partial charge in [0.1, 0.15) is 16.7 Å². The first-order chi connectivity index (χ1) is 16.1. The Balaban J connectivity index is 1.96. The summed E-state index contributed by atoms with van der Waals surface area (Å²) in [5.41, 5.74) is 5.29. The van der Waals surface area contributed by atoms with Gasteiger partial charge >= 0.3 is 18.0 Å². The zero-order valence-electron chi connectivity index (χ0n) is 21.0. The number of hydrogen-bond acceptors (Lipinski definition) is 9. The van der Waals surface area contributed by atoms with Crippen LogP contribution in [0.4, 0.5) is 10.6 Å². The molecule has 0 unspecified atom stereocenters. The number of carboxylic acids is 1. The topological polar surface area (TPSA) is 172 Å². The monoisotopic (exact) mass is 490 g/mol. The first kappa shape index (κ1) is 26.2. The third-order valence-corrected chi connectivity index (χ3v) is 5.47. The number of nitrogens with one attached hydrogen (secondary N) is 1. The largest absolute Gasteiger partial charge is 0.481 e. The minimum atomic E-state index is -0.889. The molecule has 0 aromatic carbocycles. The van der Waals surface area contributed by atoms with Gasteiger partial charge in [-0.2, -0.15) is 0 Å². The molecule has 2 heterocycles. The van der Waals surface area contributed by atoms with E-state index in [0.717, 1.165) is 0 Å². The number of aromatic nitrogens is 4. The summed E-state index contributed by atoms with van der Waals surface area (Å²) in [5.74, 6) is -1.88. The van der Waals surface area contributed by atoms with Crippen LogP contribution in [0.2, 0.25) is 0 Å². The standard InChI is InChI=1S/C23H34N6O6/c1-22(2,3)34-20(32)18-27-17(24)16-19(28-18)29(11-25-16)14-8-7-12(10-15(30)31)9-13(14)26-21(33)35-23(4,5)6/h11-14H,7-10H2,1-6H3,(H,26,33)(H,30,31)(H2,24,27,28)/t12-,13-,14-/m1/s1. The Morgan fingerprint density at radius 1 is 1.11 bits per heavy atom. The average Bonchev–Trinajstić information content (AvgIpc) is 3.09. The van der Waals surface area contributed by atoms with Crippen molar-refractivity contribution in [2.75, 3.05) is 5.73 Å². The molecule has 0 saturated heterocycles. The second-order valence-electron chi connectivity index (χ2n) is 10.9. The Bertz CT molecular complexity index is 1120. The highest BCUT2D eigenvalue weighted by Crippen LogP contribution is 2.36. The fourth-order valence-corrected chi connectivity index (χ4v) is 4.22. The van der Waals surface area contributed by atoms with E-state index in [4.69, 9.17) is 15.2 Å². The Labute approximate surface area is 203 Å². The molecule has 1 aliphatic carbocycles. The van der Waals surface area contributed by atoms with Crippen molar-refractivity contribution in [1.82, 2.24) is 24.8 Å². The molecule has 1 fully saturated rings. The van der Waals surface area contributed by atoms with E-state index in [1.54, 1.807) is 52.4 Å². The van der Waals surface area contributed by atoms with Gasteiger partial charge in [-0.25, -0.2) is 24.5 Å². The van der Waals surface area contributed by atoms with Crippen LogP contribution in [0.25, 0.3) is 11.2 Å². The summed E-state index contributed by atoms with van der Waals surface area (Å²) in [6.45, 7) is 10.5. The summed E-state index contributed by atoms with van der Waals surface area (Å²) in [5, 5.41) is 12.2. The number of nitrogens with zero attached hydrogens (tertiary/aromatic N) is 4. The molecule has 12 nitrogen and oxygen atoms in total. The van der Waals surface area contributed by atoms with E-state index in [-0.39, 0.29) is 30.0 Å². The lowest BCUT2D eigenvalue weighted by Crippen LogP contribution is -2.47. The van der Waals surface area contributed by atoms with Gasteiger partial charge in [-0.1, -0.05) is 0 Å². The zero-order valence-corrected chi connectivity index (χ0v) is 21.0. The van der Waals surface area contributed by atoms with Gasteiger partial charge < -0.3 is 30.2 Å². The van der Waals surface area contributed by atoms with Crippen LogP contribution in [0.1, 0.15) is 83.9 Å². The van der Waals surface area contributed by atoms with Crippen molar-refractivity contribution in [2.45, 2.75) is 90.5 Å². The van der Waals surface area contributed by atoms with Crippen LogP contribution in [0.15, 0.2) is 6.33 Å². The summed E-state index contributed by atoms with van der Waals surface area (Å²) in [7, 11) is 0. The lowest BCUT2D eigenvalue weighted by molar-refractivity contribution is -0.138. The number of imidazole rings is 1. The van der Waals surface area contributed by atoms with Crippen molar-refractivity contribution in [3.8, 4) is 0 Å². The molecule has 1 saturated carbocycles. The number of fused-ring (bicyclic) bond motifs is 1. The number of amides is 1. The molecule has 3 atom stereocenters. The van der Waals surface area contributed by atoms with E-state index in [0.29, 0.717) is 30.4 Å². The fourth-order valence-electron chi connectivity index (χ4n) is 4.22. The lowest BCUT2D eigenvalue weighted by atomic mass is 9.80. The number of aliphatic carboxylic acids is 1. The normalized spacial score (nSPS) is 20.9. The van der Waals surface area contributed by atoms with Gasteiger partial charge in [-0.05, 0) is 66.7 Å². The van der Waals surface area contributed by atoms with Crippen LogP contribution in [0.3, 0.4) is 0 Å². The summed E-state index contributed by atoms with van der Waals surface area (Å²) < 4.78 is 12.6. The molecule has 0 radical (unpaired) electrons. The fraction of sp³-hybridized carbons (Fsp3) is 0.652. The molecule has 0 spiro atoms. The first-order valence-corrected chi connectivity index (χ1v) is 11.6. The number of carboxylic acid groups (broad SMARTS) is 1. The Morgan fingerprint density at radius 3 is 2.37 bits per heavy atom. The number of anilines is 1. The molecule has 192 valence electrons. The lowest BCUT2D eigenvalue weighted by Gasteiger charge is -2.37. The van der Waals surface area contributed by atoms with E-state index >= 15 is 0 Å². The molecule has 2 aromatic rings. The van der Waals surface area contributed by atoms with E-state index in [2.05, 4.69) is 20.3 Å². The number of alkyl carbamates (subject to hydrolysis) is 1.